The normalized spacial score (nSPS) is 11.4. The molecule has 3 aromatic carbocycles. The Labute approximate surface area is 193 Å². The van der Waals surface area contributed by atoms with Crippen LogP contribution in [0.3, 0.4) is 0 Å². The van der Waals surface area contributed by atoms with Crippen molar-refractivity contribution >= 4 is 23.2 Å². The Balaban J connectivity index is 1.09. The Kier molecular flexibility index (Phi) is 6.29. The van der Waals surface area contributed by atoms with Crippen molar-refractivity contribution in [3.63, 3.8) is 0 Å². The average Bonchev–Trinajstić information content (AvgIpc) is 3.50. The molecule has 0 bridgehead atoms. The van der Waals surface area contributed by atoms with E-state index in [-0.39, 0.29) is 0 Å². The van der Waals surface area contributed by atoms with E-state index < -0.39 is 0 Å². The van der Waals surface area contributed by atoms with Gasteiger partial charge in [-0.2, -0.15) is 0 Å². The molecule has 0 fully saturated rings. The number of fused-ring (bicyclic) bond motifs is 1. The molecule has 5 heteroatoms. The number of oxazole rings is 1. The molecule has 2 aromatic heterocycles. The van der Waals surface area contributed by atoms with Gasteiger partial charge in [0.05, 0.1) is 17.4 Å². The largest absolute Gasteiger partial charge is 0.487 e. The molecule has 0 radical (unpaired) electrons. The first-order chi connectivity index (χ1) is 16.3. The topological polar surface area (TPSA) is 53.1 Å². The van der Waals surface area contributed by atoms with Crippen molar-refractivity contribution in [2.24, 2.45) is 0 Å². The van der Waals surface area contributed by atoms with Gasteiger partial charge in [0, 0.05) is 12.6 Å². The molecule has 5 nitrogen and oxygen atoms in total. The summed E-state index contributed by atoms with van der Waals surface area (Å²) in [6.45, 7) is 1.32. The van der Waals surface area contributed by atoms with Crippen LogP contribution in [-0.4, -0.2) is 14.5 Å². The summed E-state index contributed by atoms with van der Waals surface area (Å²) in [6, 6.07) is 26.6. The van der Waals surface area contributed by atoms with E-state index in [1.165, 1.54) is 11.1 Å². The summed E-state index contributed by atoms with van der Waals surface area (Å²) in [5, 5.41) is 0. The lowest BCUT2D eigenvalue weighted by atomic mass is 10.1. The third kappa shape index (κ3) is 5.39. The molecule has 0 spiro atoms. The predicted molar refractivity (Wildman–Crippen MR) is 131 cm³/mol. The van der Waals surface area contributed by atoms with Gasteiger partial charge in [0.15, 0.2) is 0 Å². The maximum atomic E-state index is 5.88. The smallest absolute Gasteiger partial charge is 0.218 e. The molecule has 0 amide bonds. The van der Waals surface area contributed by atoms with Gasteiger partial charge in [-0.1, -0.05) is 54.6 Å². The molecule has 0 aliphatic carbocycles. The summed E-state index contributed by atoms with van der Waals surface area (Å²) in [6.07, 6.45) is 9.46. The Hall–Kier alpha value is -4.12. The standard InChI is InChI=1S/C28H25N3O2/c1-2-7-22(8-3-1)14-17-28-30-24(20-33-28)19-32-25-15-12-23(13-16-25)9-6-18-31-21-29-26-10-4-5-11-27(26)31/h1-5,7-8,10-17,20-21H,6,9,18-19H2/b17-14+. The van der Waals surface area contributed by atoms with E-state index in [1.54, 1.807) is 6.26 Å². The molecule has 0 atom stereocenters. The summed E-state index contributed by atoms with van der Waals surface area (Å²) < 4.78 is 13.6. The second-order valence-electron chi connectivity index (χ2n) is 7.88. The third-order valence-corrected chi connectivity index (χ3v) is 5.49. The molecular weight excluding hydrogens is 410 g/mol. The van der Waals surface area contributed by atoms with E-state index in [4.69, 9.17) is 9.15 Å². The van der Waals surface area contributed by atoms with E-state index in [2.05, 4.69) is 38.8 Å². The highest BCUT2D eigenvalue weighted by molar-refractivity contribution is 5.74. The number of benzene rings is 3. The minimum Gasteiger partial charge on any atom is -0.487 e. The number of nitrogens with zero attached hydrogens (tertiary/aromatic N) is 3. The zero-order valence-electron chi connectivity index (χ0n) is 18.3. The molecule has 0 saturated carbocycles. The van der Waals surface area contributed by atoms with Crippen molar-refractivity contribution in [1.29, 1.82) is 0 Å². The van der Waals surface area contributed by atoms with E-state index in [0.717, 1.165) is 41.9 Å². The van der Waals surface area contributed by atoms with Gasteiger partial charge in [0.25, 0.3) is 0 Å². The van der Waals surface area contributed by atoms with Crippen molar-refractivity contribution in [2.45, 2.75) is 26.0 Å². The van der Waals surface area contributed by atoms with Crippen LogP contribution in [0.4, 0.5) is 0 Å². The van der Waals surface area contributed by atoms with Gasteiger partial charge >= 0.3 is 0 Å². The molecule has 0 saturated heterocycles. The number of hydrogen-bond donors (Lipinski definition) is 0. The van der Waals surface area contributed by atoms with Gasteiger partial charge < -0.3 is 13.7 Å². The maximum absolute atomic E-state index is 5.88. The Morgan fingerprint density at radius 3 is 2.58 bits per heavy atom. The minimum absolute atomic E-state index is 0.371. The van der Waals surface area contributed by atoms with Crippen LogP contribution in [0.15, 0.2) is 95.9 Å². The first-order valence-corrected chi connectivity index (χ1v) is 11.1. The van der Waals surface area contributed by atoms with Crippen LogP contribution in [0, 0.1) is 0 Å². The summed E-state index contributed by atoms with van der Waals surface area (Å²) in [5.74, 6) is 1.39. The van der Waals surface area contributed by atoms with Crippen LogP contribution >= 0.6 is 0 Å². The number of hydrogen-bond acceptors (Lipinski definition) is 4. The van der Waals surface area contributed by atoms with Crippen LogP contribution < -0.4 is 4.74 Å². The van der Waals surface area contributed by atoms with Gasteiger partial charge in [-0.15, -0.1) is 0 Å². The Morgan fingerprint density at radius 2 is 1.70 bits per heavy atom. The Morgan fingerprint density at radius 1 is 0.879 bits per heavy atom. The quantitative estimate of drug-likeness (QED) is 0.269. The first kappa shape index (κ1) is 20.8. The van der Waals surface area contributed by atoms with E-state index >= 15 is 0 Å². The van der Waals surface area contributed by atoms with Crippen LogP contribution in [0.1, 0.15) is 29.1 Å². The zero-order valence-corrected chi connectivity index (χ0v) is 18.3. The first-order valence-electron chi connectivity index (χ1n) is 11.1. The zero-order chi connectivity index (χ0) is 22.3. The monoisotopic (exact) mass is 435 g/mol. The predicted octanol–water partition coefficient (Wildman–Crippen LogP) is 6.41. The lowest BCUT2D eigenvalue weighted by Gasteiger charge is -2.07. The van der Waals surface area contributed by atoms with E-state index in [9.17, 15) is 0 Å². The van der Waals surface area contributed by atoms with Crippen LogP contribution in [-0.2, 0) is 19.6 Å². The second-order valence-corrected chi connectivity index (χ2v) is 7.88. The van der Waals surface area contributed by atoms with Gasteiger partial charge in [-0.05, 0) is 54.3 Å². The average molecular weight is 436 g/mol. The summed E-state index contributed by atoms with van der Waals surface area (Å²) >= 11 is 0. The molecule has 0 N–H and O–H groups in total. The van der Waals surface area contributed by atoms with E-state index in [0.29, 0.717) is 12.5 Å². The van der Waals surface area contributed by atoms with Crippen molar-refractivity contribution in [2.75, 3.05) is 0 Å². The van der Waals surface area contributed by atoms with Gasteiger partial charge in [0.1, 0.15) is 24.3 Å². The molecule has 5 rings (SSSR count). The molecule has 0 unspecified atom stereocenters. The summed E-state index contributed by atoms with van der Waals surface area (Å²) in [5.41, 5.74) is 5.39. The minimum atomic E-state index is 0.371. The number of aryl methyl sites for hydroxylation is 2. The van der Waals surface area contributed by atoms with Gasteiger partial charge in [0.2, 0.25) is 5.89 Å². The number of para-hydroxylation sites is 2. The molecule has 33 heavy (non-hydrogen) atoms. The second kappa shape index (κ2) is 10.0. The lowest BCUT2D eigenvalue weighted by Crippen LogP contribution is -1.98. The summed E-state index contributed by atoms with van der Waals surface area (Å²) in [4.78, 5) is 8.92. The van der Waals surface area contributed by atoms with Gasteiger partial charge in [-0.3, -0.25) is 0 Å². The van der Waals surface area contributed by atoms with Crippen LogP contribution in [0.25, 0.3) is 23.2 Å². The van der Waals surface area contributed by atoms with Crippen LogP contribution in [0.2, 0.25) is 0 Å². The highest BCUT2D eigenvalue weighted by Gasteiger charge is 2.04. The number of aromatic nitrogens is 3. The maximum Gasteiger partial charge on any atom is 0.218 e. The Bertz CT molecular complexity index is 1330. The fourth-order valence-electron chi connectivity index (χ4n) is 3.75. The SMILES string of the molecule is C(=C\c1nc(COc2ccc(CCCn3cnc4ccccc43)cc2)co1)/c1ccccc1. The third-order valence-electron chi connectivity index (χ3n) is 5.49. The number of imidazole rings is 1. The highest BCUT2D eigenvalue weighted by Crippen LogP contribution is 2.17. The molecule has 0 aliphatic rings. The van der Waals surface area contributed by atoms with Crippen molar-refractivity contribution < 1.29 is 9.15 Å². The number of ether oxygens (including phenoxy) is 1. The molecule has 164 valence electrons. The molecule has 5 aromatic rings. The van der Waals surface area contributed by atoms with Crippen LogP contribution in [0.5, 0.6) is 5.75 Å². The van der Waals surface area contributed by atoms with E-state index in [1.807, 2.05) is 73.1 Å². The van der Waals surface area contributed by atoms with Crippen molar-refractivity contribution in [1.82, 2.24) is 14.5 Å². The van der Waals surface area contributed by atoms with Crippen molar-refractivity contribution in [3.8, 4) is 5.75 Å². The van der Waals surface area contributed by atoms with Gasteiger partial charge in [-0.25, -0.2) is 9.97 Å². The lowest BCUT2D eigenvalue weighted by molar-refractivity contribution is 0.301. The fourth-order valence-corrected chi connectivity index (χ4v) is 3.75. The number of rotatable bonds is 9. The fraction of sp³-hybridized carbons (Fsp3) is 0.143. The molecular formula is C28H25N3O2. The summed E-state index contributed by atoms with van der Waals surface area (Å²) in [7, 11) is 0. The molecule has 2 heterocycles. The molecule has 0 aliphatic heterocycles. The highest BCUT2D eigenvalue weighted by atomic mass is 16.5. The van der Waals surface area contributed by atoms with Crippen molar-refractivity contribution in [3.05, 3.63) is 114 Å².